The van der Waals surface area contributed by atoms with E-state index in [1.807, 2.05) is 0 Å². The fourth-order valence-electron chi connectivity index (χ4n) is 1.81. The predicted molar refractivity (Wildman–Crippen MR) is 78.9 cm³/mol. The van der Waals surface area contributed by atoms with E-state index in [1.165, 1.54) is 41.4 Å². The third-order valence-corrected chi connectivity index (χ3v) is 3.19. The molecule has 0 unspecified atom stereocenters. The van der Waals surface area contributed by atoms with Crippen molar-refractivity contribution in [2.75, 3.05) is 28.4 Å². The van der Waals surface area contributed by atoms with Crippen molar-refractivity contribution in [1.29, 1.82) is 0 Å². The van der Waals surface area contributed by atoms with Crippen molar-refractivity contribution in [2.24, 2.45) is 0 Å². The number of hydrogen-bond acceptors (Lipinski definition) is 5. The Kier molecular flexibility index (Phi) is 5.72. The topological polar surface area (TPSA) is 74.2 Å². The van der Waals surface area contributed by atoms with E-state index in [-0.39, 0.29) is 33.6 Å². The second-order valence-corrected chi connectivity index (χ2v) is 4.37. The predicted octanol–water partition coefficient (Wildman–Crippen LogP) is 2.86. The summed E-state index contributed by atoms with van der Waals surface area (Å²) in [4.78, 5) is 11.0. The van der Waals surface area contributed by atoms with Gasteiger partial charge in [0.05, 0.1) is 33.5 Å². The van der Waals surface area contributed by atoms with Crippen molar-refractivity contribution < 1.29 is 28.8 Å². The fraction of sp³-hybridized carbons (Fsp3) is 0.357. The van der Waals surface area contributed by atoms with E-state index in [2.05, 4.69) is 0 Å². The minimum Gasteiger partial charge on any atom is -0.492 e. The molecular weight excluding hydrogens is 300 g/mol. The second kappa shape index (κ2) is 7.08. The molecule has 0 heterocycles. The smallest absolute Gasteiger partial charge is 0.331 e. The number of carboxylic acids is 1. The molecular formula is C14H17ClO6. The number of aliphatic carboxylic acids is 1. The van der Waals surface area contributed by atoms with Gasteiger partial charge in [-0.3, -0.25) is 0 Å². The highest BCUT2D eigenvalue weighted by atomic mass is 35.5. The van der Waals surface area contributed by atoms with Crippen LogP contribution in [0.3, 0.4) is 0 Å². The summed E-state index contributed by atoms with van der Waals surface area (Å²) in [5, 5.41) is 9.19. The van der Waals surface area contributed by atoms with Gasteiger partial charge >= 0.3 is 5.97 Å². The molecule has 0 spiro atoms. The summed E-state index contributed by atoms with van der Waals surface area (Å²) in [6, 6.07) is 0. The summed E-state index contributed by atoms with van der Waals surface area (Å²) >= 11 is 6.28. The number of benzene rings is 1. The van der Waals surface area contributed by atoms with E-state index in [9.17, 15) is 4.79 Å². The van der Waals surface area contributed by atoms with Gasteiger partial charge in [-0.1, -0.05) is 11.6 Å². The summed E-state index contributed by atoms with van der Waals surface area (Å²) < 4.78 is 21.0. The van der Waals surface area contributed by atoms with Crippen LogP contribution in [0.2, 0.25) is 5.02 Å². The highest BCUT2D eigenvalue weighted by Crippen LogP contribution is 2.52. The zero-order chi connectivity index (χ0) is 16.2. The van der Waals surface area contributed by atoms with Gasteiger partial charge in [-0.05, 0) is 13.0 Å². The molecule has 0 bridgehead atoms. The molecule has 0 radical (unpaired) electrons. The molecule has 116 valence electrons. The largest absolute Gasteiger partial charge is 0.492 e. The standard InChI is InChI=1S/C14H17ClO6/c1-7(14(16)17)6-8-9(15)11(19-3)13(21-5)12(20-4)10(8)18-2/h6H,1-5H3,(H,16,17). The fourth-order valence-corrected chi connectivity index (χ4v) is 2.12. The van der Waals surface area contributed by atoms with Crippen LogP contribution in [0.5, 0.6) is 23.0 Å². The maximum absolute atomic E-state index is 11.0. The highest BCUT2D eigenvalue weighted by Gasteiger charge is 2.26. The van der Waals surface area contributed by atoms with Crippen molar-refractivity contribution in [2.45, 2.75) is 6.92 Å². The van der Waals surface area contributed by atoms with Crippen LogP contribution in [0, 0.1) is 0 Å². The van der Waals surface area contributed by atoms with Crippen LogP contribution >= 0.6 is 11.6 Å². The molecule has 21 heavy (non-hydrogen) atoms. The average molecular weight is 317 g/mol. The van der Waals surface area contributed by atoms with Crippen LogP contribution < -0.4 is 18.9 Å². The summed E-state index contributed by atoms with van der Waals surface area (Å²) in [6.45, 7) is 1.45. The van der Waals surface area contributed by atoms with Crippen molar-refractivity contribution >= 4 is 23.6 Å². The summed E-state index contributed by atoms with van der Waals surface area (Å²) in [5.74, 6) is -0.0263. The van der Waals surface area contributed by atoms with E-state index in [1.54, 1.807) is 0 Å². The first-order valence-corrected chi connectivity index (χ1v) is 6.27. The van der Waals surface area contributed by atoms with Crippen LogP contribution in [0.1, 0.15) is 12.5 Å². The van der Waals surface area contributed by atoms with E-state index in [0.717, 1.165) is 0 Å². The molecule has 1 rings (SSSR count). The minimum atomic E-state index is -1.07. The molecule has 0 aliphatic rings. The second-order valence-electron chi connectivity index (χ2n) is 3.99. The van der Waals surface area contributed by atoms with Crippen LogP contribution in [0.25, 0.3) is 6.08 Å². The molecule has 0 saturated carbocycles. The Balaban J connectivity index is 3.78. The first-order valence-electron chi connectivity index (χ1n) is 5.89. The van der Waals surface area contributed by atoms with Gasteiger partial charge in [0.2, 0.25) is 11.5 Å². The number of rotatable bonds is 6. The SMILES string of the molecule is COc1c(Cl)c(C=C(C)C(=O)O)c(OC)c(OC)c1OC. The lowest BCUT2D eigenvalue weighted by atomic mass is 10.1. The van der Waals surface area contributed by atoms with E-state index in [4.69, 9.17) is 35.7 Å². The lowest BCUT2D eigenvalue weighted by Crippen LogP contribution is -2.02. The molecule has 0 saturated heterocycles. The van der Waals surface area contributed by atoms with Gasteiger partial charge < -0.3 is 24.1 Å². The van der Waals surface area contributed by atoms with Crippen molar-refractivity contribution in [3.8, 4) is 23.0 Å². The maximum atomic E-state index is 11.0. The minimum absolute atomic E-state index is 0.0875. The Labute approximate surface area is 127 Å². The van der Waals surface area contributed by atoms with Crippen LogP contribution in [0.4, 0.5) is 0 Å². The molecule has 1 N–H and O–H groups in total. The number of halogens is 1. The van der Waals surface area contributed by atoms with Gasteiger partial charge in [0.15, 0.2) is 11.5 Å². The van der Waals surface area contributed by atoms with Gasteiger partial charge in [-0.2, -0.15) is 0 Å². The molecule has 0 fully saturated rings. The Morgan fingerprint density at radius 1 is 0.952 bits per heavy atom. The zero-order valence-corrected chi connectivity index (χ0v) is 13.2. The third kappa shape index (κ3) is 3.16. The Morgan fingerprint density at radius 2 is 1.38 bits per heavy atom. The molecule has 1 aromatic carbocycles. The van der Waals surface area contributed by atoms with Crippen LogP contribution in [-0.4, -0.2) is 39.5 Å². The molecule has 0 aliphatic heterocycles. The highest BCUT2D eigenvalue weighted by molar-refractivity contribution is 6.34. The molecule has 6 nitrogen and oxygen atoms in total. The average Bonchev–Trinajstić information content (AvgIpc) is 2.47. The number of ether oxygens (including phenoxy) is 4. The number of carboxylic acid groups (broad SMARTS) is 1. The molecule has 0 aromatic heterocycles. The molecule has 0 amide bonds. The van der Waals surface area contributed by atoms with Gasteiger partial charge in [0, 0.05) is 11.1 Å². The first-order chi connectivity index (χ1) is 9.92. The van der Waals surface area contributed by atoms with E-state index in [0.29, 0.717) is 5.56 Å². The quantitative estimate of drug-likeness (QED) is 0.813. The molecule has 0 atom stereocenters. The first kappa shape index (κ1) is 17.0. The number of methoxy groups -OCH3 is 4. The Hall–Kier alpha value is -2.08. The van der Waals surface area contributed by atoms with E-state index >= 15 is 0 Å². The maximum Gasteiger partial charge on any atom is 0.331 e. The summed E-state index contributed by atoms with van der Waals surface area (Å²) in [7, 11) is 5.72. The summed E-state index contributed by atoms with van der Waals surface area (Å²) in [6.07, 6.45) is 1.38. The normalized spacial score (nSPS) is 11.0. The zero-order valence-electron chi connectivity index (χ0n) is 12.4. The van der Waals surface area contributed by atoms with E-state index < -0.39 is 5.97 Å². The Morgan fingerprint density at radius 3 is 1.76 bits per heavy atom. The lowest BCUT2D eigenvalue weighted by Gasteiger charge is -2.19. The van der Waals surface area contributed by atoms with Crippen LogP contribution in [0.15, 0.2) is 5.57 Å². The Bertz CT molecular complexity index is 580. The molecule has 7 heteroatoms. The molecule has 0 aliphatic carbocycles. The monoisotopic (exact) mass is 316 g/mol. The van der Waals surface area contributed by atoms with Crippen LogP contribution in [-0.2, 0) is 4.79 Å². The van der Waals surface area contributed by atoms with Gasteiger partial charge in [0.1, 0.15) is 0 Å². The van der Waals surface area contributed by atoms with Gasteiger partial charge in [-0.25, -0.2) is 4.79 Å². The lowest BCUT2D eigenvalue weighted by molar-refractivity contribution is -0.132. The van der Waals surface area contributed by atoms with Gasteiger partial charge in [-0.15, -0.1) is 0 Å². The van der Waals surface area contributed by atoms with Crippen molar-refractivity contribution in [1.82, 2.24) is 0 Å². The summed E-state index contributed by atoms with van der Waals surface area (Å²) in [5.41, 5.74) is 0.429. The van der Waals surface area contributed by atoms with Gasteiger partial charge in [0.25, 0.3) is 0 Å². The van der Waals surface area contributed by atoms with Crippen molar-refractivity contribution in [3.63, 3.8) is 0 Å². The molecule has 1 aromatic rings. The number of hydrogen-bond donors (Lipinski definition) is 1. The third-order valence-electron chi connectivity index (χ3n) is 2.81. The number of carbonyl (C=O) groups is 1. The van der Waals surface area contributed by atoms with Crippen molar-refractivity contribution in [3.05, 3.63) is 16.2 Å².